The Kier molecular flexibility index (Phi) is 42.8. The molecule has 0 aliphatic rings. The number of aromatic nitrogens is 4. The SMILES string of the molecule is C.C/C=C(/c1ccc(Br)cc1)c1ccc(CC(=O)c2cncc(F)c2C)nc1.C/C=C(/c1ccc(Br)cc1)c1ccc(N)nc1.C/C=C(\OS(=O)(=O)C(F)(F)F)c1ccc(Br)cc1.CCC(=O)c1ccc(Br)cc1.C[Si](C)(C)[N-][Si](C)(C)C.Cc1c(F)cncc1C(=O)O.O=S(=O)(OS(=O)(=O)C(F)(F)F)C(F)(F)F.[Li+]. The first-order valence-electron chi connectivity index (χ1n) is 30.9. The number of hydrogen-bond donors (Lipinski definition) is 2. The van der Waals surface area contributed by atoms with Gasteiger partial charge in [-0.25, -0.2) is 18.6 Å². The first-order valence-corrected chi connectivity index (χ1v) is 45.2. The van der Waals surface area contributed by atoms with Crippen molar-refractivity contribution in [1.29, 1.82) is 0 Å². The van der Waals surface area contributed by atoms with Gasteiger partial charge in [-0.2, -0.15) is 64.8 Å². The first-order chi connectivity index (χ1) is 49.6. The van der Waals surface area contributed by atoms with E-state index in [1.807, 2.05) is 115 Å². The van der Waals surface area contributed by atoms with Gasteiger partial charge in [0.25, 0.3) is 0 Å². The molecule has 0 spiro atoms. The molecular weight excluding hydrogens is 1820 g/mol. The van der Waals surface area contributed by atoms with Crippen LogP contribution in [0.2, 0.25) is 39.3 Å². The number of carbonyl (C=O) groups excluding carboxylic acids is 2. The van der Waals surface area contributed by atoms with E-state index in [2.05, 4.69) is 145 Å². The zero-order chi connectivity index (χ0) is 82.7. The second-order valence-corrected chi connectivity index (χ2v) is 41.7. The summed E-state index contributed by atoms with van der Waals surface area (Å²) in [5.41, 5.74) is -3.55. The summed E-state index contributed by atoms with van der Waals surface area (Å²) in [6.45, 7) is 24.0. The molecule has 0 bridgehead atoms. The minimum absolute atomic E-state index is 0. The van der Waals surface area contributed by atoms with Gasteiger partial charge in [-0.05, 0) is 135 Å². The summed E-state index contributed by atoms with van der Waals surface area (Å²) in [5, 5.41) is 8.48. The van der Waals surface area contributed by atoms with Crippen LogP contribution in [0.15, 0.2) is 195 Å². The Morgan fingerprint density at radius 3 is 1.12 bits per heavy atom. The average Bonchev–Trinajstić information content (AvgIpc) is 0.788. The monoisotopic (exact) mass is 1890 g/mol. The number of carbonyl (C=O) groups is 3. The number of allylic oxidation sites excluding steroid dienone is 3. The van der Waals surface area contributed by atoms with E-state index in [9.17, 15) is 87.9 Å². The number of carboxylic acids is 1. The Morgan fingerprint density at radius 2 is 0.827 bits per heavy atom. The van der Waals surface area contributed by atoms with Gasteiger partial charge in [0, 0.05) is 88.2 Å². The number of hydrogen-bond acceptors (Lipinski definition) is 16. The maximum Gasteiger partial charge on any atom is 1.00 e. The fourth-order valence-electron chi connectivity index (χ4n) is 8.35. The van der Waals surface area contributed by atoms with Gasteiger partial charge >= 0.3 is 71.7 Å². The van der Waals surface area contributed by atoms with Gasteiger partial charge in [-0.1, -0.05) is 201 Å². The molecule has 39 heteroatoms. The molecule has 18 nitrogen and oxygen atoms in total. The number of ketones is 2. The van der Waals surface area contributed by atoms with Crippen LogP contribution in [0.5, 0.6) is 0 Å². The quantitative estimate of drug-likeness (QED) is 0.0214. The summed E-state index contributed by atoms with van der Waals surface area (Å²) < 4.78 is 207. The molecule has 0 radical (unpaired) electrons. The third-order valence-corrected chi connectivity index (χ3v) is 24.1. The number of alkyl halides is 9. The van der Waals surface area contributed by atoms with E-state index in [1.54, 1.807) is 31.5 Å². The average molecular weight is 1890 g/mol. The van der Waals surface area contributed by atoms with Crippen molar-refractivity contribution in [3.63, 3.8) is 0 Å². The molecule has 0 saturated carbocycles. The predicted molar refractivity (Wildman–Crippen MR) is 420 cm³/mol. The van der Waals surface area contributed by atoms with Crippen molar-refractivity contribution in [3.8, 4) is 0 Å². The van der Waals surface area contributed by atoms with Crippen LogP contribution in [0.1, 0.15) is 117 Å². The molecule has 8 aromatic rings. The third-order valence-electron chi connectivity index (χ3n) is 13.1. The Hall–Kier alpha value is -6.94. The minimum Gasteiger partial charge on any atom is -0.668 e. The van der Waals surface area contributed by atoms with E-state index in [-0.39, 0.29) is 66.7 Å². The summed E-state index contributed by atoms with van der Waals surface area (Å²) in [6, 6.07) is 37.3. The molecule has 4 aromatic heterocycles. The summed E-state index contributed by atoms with van der Waals surface area (Å²) >= 11 is 13.3. The van der Waals surface area contributed by atoms with Crippen molar-refractivity contribution in [2.24, 2.45) is 0 Å². The van der Waals surface area contributed by atoms with Gasteiger partial charge in [0.15, 0.2) is 11.6 Å². The van der Waals surface area contributed by atoms with Gasteiger partial charge in [-0.3, -0.25) is 24.5 Å². The van der Waals surface area contributed by atoms with E-state index in [1.165, 1.54) is 37.7 Å². The molecule has 3 N–H and O–H groups in total. The predicted octanol–water partition coefficient (Wildman–Crippen LogP) is 18.8. The molecule has 0 atom stereocenters. The zero-order valence-electron chi connectivity index (χ0n) is 60.3. The van der Waals surface area contributed by atoms with Crippen LogP contribution in [-0.2, 0) is 44.6 Å². The van der Waals surface area contributed by atoms with Crippen LogP contribution in [0.25, 0.3) is 21.6 Å². The minimum atomic E-state index is -6.85. The van der Waals surface area contributed by atoms with E-state index < -0.39 is 81.0 Å². The number of carboxylic acid groups (broad SMARTS) is 1. The molecule has 110 heavy (non-hydrogen) atoms. The maximum atomic E-state index is 13.6. The number of anilines is 1. The molecule has 0 fully saturated rings. The first kappa shape index (κ1) is 103. The largest absolute Gasteiger partial charge is 1.00 e. The van der Waals surface area contributed by atoms with Crippen molar-refractivity contribution >= 4 is 151 Å². The molecule has 0 saturated heterocycles. The number of pyridine rings is 4. The number of halogens is 15. The maximum absolute atomic E-state index is 13.6. The third kappa shape index (κ3) is 35.4. The summed E-state index contributed by atoms with van der Waals surface area (Å²) in [5.74, 6) is -2.06. The fraction of sp³-hybridized carbons (Fsp3) is 0.254. The van der Waals surface area contributed by atoms with Gasteiger partial charge < -0.3 is 19.7 Å². The van der Waals surface area contributed by atoms with Crippen molar-refractivity contribution in [2.75, 3.05) is 5.73 Å². The van der Waals surface area contributed by atoms with E-state index in [0.29, 0.717) is 33.5 Å². The topological polar surface area (TPSA) is 284 Å². The summed E-state index contributed by atoms with van der Waals surface area (Å²) in [6.07, 6.45) is 14.1. The number of benzene rings is 4. The molecule has 0 aliphatic heterocycles. The van der Waals surface area contributed by atoms with Gasteiger partial charge in [0.05, 0.1) is 24.4 Å². The molecule has 0 unspecified atom stereocenters. The molecular formula is C71H76Br4F11LiN6O12S3Si2. The second kappa shape index (κ2) is 45.7. The standard InChI is InChI=1S/C22H18BrFN2O.C14H13BrN2.C10H8BrF3O3S.C9H9BrO.C7H6FNO2.C6H18NSi2.C2F6O5S2.CH4.Li/c1-3-19(15-4-7-17(23)8-5-15)16-6-9-18(26-11-16)10-22(27)20-12-25-13-21(24)14(20)2;1-2-13(10-3-6-12(15)7-4-10)11-5-8-14(16)17-9-11;1-2-9(7-3-5-8(11)6-4-7)17-18(15,16)10(12,13)14;1-2-9(11)7-3-5-8(10)6-4-7;1-4-5(7(10)11)2-9-3-6(4)8;1-8(2,3)7-9(4,5)6;3-1(4,5)14(9,10)13-15(11,12)2(6,7)8;;/h3-9,11-13H,10H2,1-2H3;2-9H,1H3,(H2,16,17);2-6H,1H3;3-6H,2H2,1H3;2-3H,1H3,(H,10,11);1-6H3;;1H4;/q;;;;;-1;;;+1/b19-3-;13-2-;9-2-;;;;;;. The normalized spacial score (nSPS) is 12.0. The summed E-state index contributed by atoms with van der Waals surface area (Å²) in [4.78, 5) is 49.7. The van der Waals surface area contributed by atoms with Crippen LogP contribution in [0.4, 0.5) is 54.1 Å². The van der Waals surface area contributed by atoms with Crippen molar-refractivity contribution in [3.05, 3.63) is 272 Å². The summed E-state index contributed by atoms with van der Waals surface area (Å²) in [7, 11) is -21.6. The molecule has 8 rings (SSSR count). The Labute approximate surface area is 680 Å². The van der Waals surface area contributed by atoms with Crippen LogP contribution >= 0.6 is 63.7 Å². The Bertz CT molecular complexity index is 4680. The van der Waals surface area contributed by atoms with Crippen LogP contribution in [-0.4, -0.2) is 101 Å². The second-order valence-electron chi connectivity index (χ2n) is 23.7. The van der Waals surface area contributed by atoms with Crippen molar-refractivity contribution in [2.45, 2.75) is 118 Å². The van der Waals surface area contributed by atoms with Crippen molar-refractivity contribution in [1.82, 2.24) is 19.9 Å². The molecule has 594 valence electrons. The van der Waals surface area contributed by atoms with E-state index in [0.717, 1.165) is 71.5 Å². The van der Waals surface area contributed by atoms with Gasteiger partial charge in [-0.15, -0.1) is 3.63 Å². The number of aromatic carboxylic acids is 1. The number of rotatable bonds is 17. The zero-order valence-corrected chi connectivity index (χ0v) is 71.1. The number of nitrogen functional groups attached to an aromatic ring is 1. The van der Waals surface area contributed by atoms with Crippen LogP contribution in [0, 0.1) is 25.5 Å². The molecule has 4 heterocycles. The van der Waals surface area contributed by atoms with Crippen LogP contribution in [0.3, 0.4) is 0 Å². The molecule has 0 aliphatic carbocycles. The van der Waals surface area contributed by atoms with Gasteiger partial charge in [0.2, 0.25) is 0 Å². The fourth-order valence-corrected chi connectivity index (χ4v) is 19.5. The Morgan fingerprint density at radius 1 is 0.491 bits per heavy atom. The molecule has 4 aromatic carbocycles. The van der Waals surface area contributed by atoms with Crippen molar-refractivity contribution < 1.29 is 120 Å². The van der Waals surface area contributed by atoms with E-state index in [4.69, 9.17) is 15.5 Å². The number of nitrogens with zero attached hydrogens (tertiary/aromatic N) is 5. The van der Waals surface area contributed by atoms with E-state index >= 15 is 0 Å². The number of Topliss-reactive ketones (excluding diaryl/α,β-unsaturated/α-hetero) is 2. The van der Waals surface area contributed by atoms with Gasteiger partial charge in [0.1, 0.15) is 23.2 Å². The number of nitrogens with two attached hydrogens (primary N) is 1. The smallest absolute Gasteiger partial charge is 0.668 e. The Balaban J connectivity index is 0.00000129. The van der Waals surface area contributed by atoms with Crippen LogP contribution < -0.4 is 24.6 Å². The molecule has 0 amide bonds.